The minimum absolute atomic E-state index is 0.0532. The number of hydrogen-bond donors (Lipinski definition) is 2. The highest BCUT2D eigenvalue weighted by Gasteiger charge is 2.18. The van der Waals surface area contributed by atoms with E-state index in [1.165, 1.54) is 6.26 Å². The Morgan fingerprint density at radius 3 is 2.57 bits per heavy atom. The summed E-state index contributed by atoms with van der Waals surface area (Å²) in [5.41, 5.74) is 1.09. The van der Waals surface area contributed by atoms with Crippen molar-refractivity contribution in [3.63, 3.8) is 0 Å². The van der Waals surface area contributed by atoms with Crippen molar-refractivity contribution in [3.05, 3.63) is 60.1 Å². The van der Waals surface area contributed by atoms with Crippen LogP contribution in [0, 0.1) is 0 Å². The molecule has 2 aromatic rings. The number of nitrogens with one attached hydrogen (secondary N) is 1. The SMILES string of the molecule is CC(C)NC(=O)CN(Cc1ccccc1)CC(O)c1ccco1. The fourth-order valence-corrected chi connectivity index (χ4v) is 2.41. The van der Waals surface area contributed by atoms with Gasteiger partial charge in [0.1, 0.15) is 11.9 Å². The maximum atomic E-state index is 12.1. The second-order valence-corrected chi connectivity index (χ2v) is 5.91. The standard InChI is InChI=1S/C18H24N2O3/c1-14(2)19-18(22)13-20(11-15-7-4-3-5-8-15)12-16(21)17-9-6-10-23-17/h3-10,14,16,21H,11-13H2,1-2H3,(H,19,22). The molecule has 1 aromatic carbocycles. The summed E-state index contributed by atoms with van der Waals surface area (Å²) < 4.78 is 5.24. The fraction of sp³-hybridized carbons (Fsp3) is 0.389. The summed E-state index contributed by atoms with van der Waals surface area (Å²) >= 11 is 0. The molecule has 0 fully saturated rings. The van der Waals surface area contributed by atoms with Crippen LogP contribution < -0.4 is 5.32 Å². The van der Waals surface area contributed by atoms with Crippen molar-refractivity contribution in [1.82, 2.24) is 10.2 Å². The number of furan rings is 1. The summed E-state index contributed by atoms with van der Waals surface area (Å²) in [6.45, 7) is 5.00. The molecule has 1 heterocycles. The first-order valence-electron chi connectivity index (χ1n) is 7.81. The normalized spacial score (nSPS) is 12.6. The summed E-state index contributed by atoms with van der Waals surface area (Å²) in [6, 6.07) is 13.5. The average molecular weight is 316 g/mol. The number of benzene rings is 1. The molecular formula is C18H24N2O3. The van der Waals surface area contributed by atoms with Gasteiger partial charge in [-0.15, -0.1) is 0 Å². The molecule has 1 aromatic heterocycles. The van der Waals surface area contributed by atoms with E-state index in [0.717, 1.165) is 5.56 Å². The molecule has 2 N–H and O–H groups in total. The predicted molar refractivity (Wildman–Crippen MR) is 88.7 cm³/mol. The maximum absolute atomic E-state index is 12.1. The summed E-state index contributed by atoms with van der Waals surface area (Å²) in [5.74, 6) is 0.454. The lowest BCUT2D eigenvalue weighted by atomic mass is 10.2. The van der Waals surface area contributed by atoms with Gasteiger partial charge in [-0.3, -0.25) is 9.69 Å². The predicted octanol–water partition coefficient (Wildman–Crippen LogP) is 2.34. The van der Waals surface area contributed by atoms with E-state index in [1.807, 2.05) is 49.1 Å². The van der Waals surface area contributed by atoms with Crippen molar-refractivity contribution >= 4 is 5.91 Å². The molecular weight excluding hydrogens is 292 g/mol. The van der Waals surface area contributed by atoms with Gasteiger partial charge in [0.15, 0.2) is 0 Å². The molecule has 1 unspecified atom stereocenters. The molecule has 1 amide bonds. The van der Waals surface area contributed by atoms with E-state index in [-0.39, 0.29) is 18.5 Å². The first kappa shape index (κ1) is 17.2. The Morgan fingerprint density at radius 2 is 1.96 bits per heavy atom. The molecule has 0 aliphatic heterocycles. The van der Waals surface area contributed by atoms with Crippen molar-refractivity contribution in [2.75, 3.05) is 13.1 Å². The molecule has 0 aliphatic rings. The Balaban J connectivity index is 2.02. The Morgan fingerprint density at radius 1 is 1.22 bits per heavy atom. The van der Waals surface area contributed by atoms with E-state index in [4.69, 9.17) is 4.42 Å². The van der Waals surface area contributed by atoms with Gasteiger partial charge in [-0.25, -0.2) is 0 Å². The van der Waals surface area contributed by atoms with Gasteiger partial charge in [-0.2, -0.15) is 0 Å². The number of aliphatic hydroxyl groups excluding tert-OH is 1. The Labute approximate surface area is 136 Å². The zero-order chi connectivity index (χ0) is 16.7. The highest BCUT2D eigenvalue weighted by atomic mass is 16.4. The van der Waals surface area contributed by atoms with Crippen LogP contribution in [0.25, 0.3) is 0 Å². The van der Waals surface area contributed by atoms with E-state index < -0.39 is 6.10 Å². The Bertz CT molecular complexity index is 582. The van der Waals surface area contributed by atoms with Crippen LogP contribution in [-0.4, -0.2) is 35.0 Å². The van der Waals surface area contributed by atoms with Gasteiger partial charge in [0.25, 0.3) is 0 Å². The molecule has 124 valence electrons. The third-order valence-electron chi connectivity index (χ3n) is 3.37. The summed E-state index contributed by atoms with van der Waals surface area (Å²) in [4.78, 5) is 14.0. The molecule has 0 bridgehead atoms. The number of carbonyl (C=O) groups excluding carboxylic acids is 1. The van der Waals surface area contributed by atoms with Crippen LogP contribution in [0.3, 0.4) is 0 Å². The molecule has 5 heteroatoms. The molecule has 0 saturated carbocycles. The summed E-state index contributed by atoms with van der Waals surface area (Å²) in [7, 11) is 0. The zero-order valence-corrected chi connectivity index (χ0v) is 13.6. The third kappa shape index (κ3) is 5.88. The highest BCUT2D eigenvalue weighted by Crippen LogP contribution is 2.16. The number of aliphatic hydroxyl groups is 1. The average Bonchev–Trinajstić information content (AvgIpc) is 3.01. The second-order valence-electron chi connectivity index (χ2n) is 5.91. The van der Waals surface area contributed by atoms with Crippen LogP contribution in [0.1, 0.15) is 31.3 Å². The Kier molecular flexibility index (Phi) is 6.38. The first-order chi connectivity index (χ1) is 11.0. The smallest absolute Gasteiger partial charge is 0.234 e. The lowest BCUT2D eigenvalue weighted by Crippen LogP contribution is -2.41. The number of amides is 1. The maximum Gasteiger partial charge on any atom is 0.234 e. The van der Waals surface area contributed by atoms with E-state index in [2.05, 4.69) is 5.32 Å². The minimum Gasteiger partial charge on any atom is -0.467 e. The molecule has 0 spiro atoms. The van der Waals surface area contributed by atoms with Gasteiger partial charge in [-0.1, -0.05) is 30.3 Å². The third-order valence-corrected chi connectivity index (χ3v) is 3.37. The van der Waals surface area contributed by atoms with Gasteiger partial charge in [-0.05, 0) is 31.5 Å². The van der Waals surface area contributed by atoms with Crippen LogP contribution in [0.5, 0.6) is 0 Å². The van der Waals surface area contributed by atoms with Gasteiger partial charge in [0, 0.05) is 19.1 Å². The second kappa shape index (κ2) is 8.50. The van der Waals surface area contributed by atoms with Crippen molar-refractivity contribution < 1.29 is 14.3 Å². The van der Waals surface area contributed by atoms with Gasteiger partial charge >= 0.3 is 0 Å². The molecule has 2 rings (SSSR count). The van der Waals surface area contributed by atoms with E-state index >= 15 is 0 Å². The van der Waals surface area contributed by atoms with Gasteiger partial charge in [0.2, 0.25) is 5.91 Å². The van der Waals surface area contributed by atoms with Crippen LogP contribution >= 0.6 is 0 Å². The van der Waals surface area contributed by atoms with E-state index in [1.54, 1.807) is 12.1 Å². The van der Waals surface area contributed by atoms with Crippen molar-refractivity contribution in [1.29, 1.82) is 0 Å². The molecule has 5 nitrogen and oxygen atoms in total. The topological polar surface area (TPSA) is 65.7 Å². The van der Waals surface area contributed by atoms with E-state index in [9.17, 15) is 9.90 Å². The van der Waals surface area contributed by atoms with E-state index in [0.29, 0.717) is 18.8 Å². The number of hydrogen-bond acceptors (Lipinski definition) is 4. The van der Waals surface area contributed by atoms with Crippen molar-refractivity contribution in [3.8, 4) is 0 Å². The van der Waals surface area contributed by atoms with Crippen LogP contribution in [0.15, 0.2) is 53.1 Å². The van der Waals surface area contributed by atoms with Crippen molar-refractivity contribution in [2.45, 2.75) is 32.5 Å². The molecule has 0 saturated heterocycles. The van der Waals surface area contributed by atoms with Crippen LogP contribution in [-0.2, 0) is 11.3 Å². The number of rotatable bonds is 8. The quantitative estimate of drug-likeness (QED) is 0.784. The molecule has 23 heavy (non-hydrogen) atoms. The summed E-state index contributed by atoms with van der Waals surface area (Å²) in [5, 5.41) is 13.2. The molecule has 1 atom stereocenters. The molecule has 0 aliphatic carbocycles. The largest absolute Gasteiger partial charge is 0.467 e. The minimum atomic E-state index is -0.763. The molecule has 0 radical (unpaired) electrons. The fourth-order valence-electron chi connectivity index (χ4n) is 2.41. The lowest BCUT2D eigenvalue weighted by Gasteiger charge is -2.24. The number of carbonyl (C=O) groups is 1. The number of nitrogens with zero attached hydrogens (tertiary/aromatic N) is 1. The lowest BCUT2D eigenvalue weighted by molar-refractivity contribution is -0.123. The van der Waals surface area contributed by atoms with Crippen LogP contribution in [0.4, 0.5) is 0 Å². The van der Waals surface area contributed by atoms with Gasteiger partial charge in [0.05, 0.1) is 12.8 Å². The summed E-state index contributed by atoms with van der Waals surface area (Å²) in [6.07, 6.45) is 0.770. The van der Waals surface area contributed by atoms with Crippen molar-refractivity contribution in [2.24, 2.45) is 0 Å². The first-order valence-corrected chi connectivity index (χ1v) is 7.81. The zero-order valence-electron chi connectivity index (χ0n) is 13.6. The van der Waals surface area contributed by atoms with Crippen LogP contribution in [0.2, 0.25) is 0 Å². The highest BCUT2D eigenvalue weighted by molar-refractivity contribution is 5.78. The van der Waals surface area contributed by atoms with Gasteiger partial charge < -0.3 is 14.8 Å². The monoisotopic (exact) mass is 316 g/mol. The Hall–Kier alpha value is -2.11.